The van der Waals surface area contributed by atoms with E-state index in [2.05, 4.69) is 135 Å². The molecular formula is C38H28O2. The Labute approximate surface area is 234 Å². The van der Waals surface area contributed by atoms with Gasteiger partial charge in [0.2, 0.25) is 0 Å². The average Bonchev–Trinajstić information content (AvgIpc) is 3.24. The maximum atomic E-state index is 6.83. The van der Waals surface area contributed by atoms with Gasteiger partial charge in [0.05, 0.1) is 0 Å². The summed E-state index contributed by atoms with van der Waals surface area (Å²) in [6.45, 7) is 4.57. The second-order valence-electron chi connectivity index (χ2n) is 11.3. The highest BCUT2D eigenvalue weighted by molar-refractivity contribution is 5.89. The highest BCUT2D eigenvalue weighted by Crippen LogP contribution is 2.59. The summed E-state index contributed by atoms with van der Waals surface area (Å²) in [7, 11) is 0. The van der Waals surface area contributed by atoms with Crippen LogP contribution in [0.2, 0.25) is 0 Å². The summed E-state index contributed by atoms with van der Waals surface area (Å²) in [4.78, 5) is 0. The fraction of sp³-hybridized carbons (Fsp3) is 0.105. The van der Waals surface area contributed by atoms with Gasteiger partial charge >= 0.3 is 0 Å². The molecule has 1 aliphatic heterocycles. The van der Waals surface area contributed by atoms with Crippen LogP contribution in [-0.2, 0) is 5.41 Å². The van der Waals surface area contributed by atoms with E-state index < -0.39 is 0 Å². The van der Waals surface area contributed by atoms with Crippen molar-refractivity contribution in [3.8, 4) is 34.1 Å². The Bertz CT molecular complexity index is 1930. The van der Waals surface area contributed by atoms with Crippen LogP contribution in [0.15, 0.2) is 127 Å². The van der Waals surface area contributed by atoms with E-state index in [1.165, 1.54) is 38.6 Å². The predicted molar refractivity (Wildman–Crippen MR) is 162 cm³/mol. The molecule has 0 bridgehead atoms. The second-order valence-corrected chi connectivity index (χ2v) is 11.3. The zero-order valence-corrected chi connectivity index (χ0v) is 22.5. The SMILES string of the molecule is CC1(C)c2ccccc2-c2c1ccc1c2Oc2cccc(C(c3ccccc3)c3cccc4ccccc34)c2O1. The highest BCUT2D eigenvalue weighted by atomic mass is 16.6. The lowest BCUT2D eigenvalue weighted by Gasteiger charge is -2.29. The van der Waals surface area contributed by atoms with E-state index in [9.17, 15) is 0 Å². The number of benzene rings is 6. The molecule has 0 radical (unpaired) electrons. The van der Waals surface area contributed by atoms with Gasteiger partial charge in [0.1, 0.15) is 0 Å². The van der Waals surface area contributed by atoms with Crippen LogP contribution in [0.1, 0.15) is 47.6 Å². The van der Waals surface area contributed by atoms with Crippen molar-refractivity contribution in [2.75, 3.05) is 0 Å². The summed E-state index contributed by atoms with van der Waals surface area (Å²) in [5.74, 6) is 3.07. The fourth-order valence-corrected chi connectivity index (χ4v) is 6.77. The Morgan fingerprint density at radius 2 is 1.20 bits per heavy atom. The van der Waals surface area contributed by atoms with Gasteiger partial charge in [-0.25, -0.2) is 0 Å². The summed E-state index contributed by atoms with van der Waals surface area (Å²) in [5.41, 5.74) is 8.41. The molecule has 0 fully saturated rings. The molecule has 0 saturated heterocycles. The van der Waals surface area contributed by atoms with Gasteiger partial charge in [-0.05, 0) is 50.7 Å². The number of hydrogen-bond acceptors (Lipinski definition) is 2. The van der Waals surface area contributed by atoms with Crippen molar-refractivity contribution in [1.29, 1.82) is 0 Å². The summed E-state index contributed by atoms with van der Waals surface area (Å²) in [5, 5.41) is 2.47. The molecule has 6 aromatic rings. The first-order valence-electron chi connectivity index (χ1n) is 13.9. The Morgan fingerprint density at radius 3 is 2.10 bits per heavy atom. The normalized spacial score (nSPS) is 14.8. The number of para-hydroxylation sites is 1. The maximum absolute atomic E-state index is 6.83. The largest absolute Gasteiger partial charge is 0.449 e. The van der Waals surface area contributed by atoms with Crippen molar-refractivity contribution >= 4 is 10.8 Å². The quantitative estimate of drug-likeness (QED) is 0.218. The number of fused-ring (bicyclic) bond motifs is 7. The molecule has 1 aliphatic carbocycles. The molecular weight excluding hydrogens is 488 g/mol. The third kappa shape index (κ3) is 3.29. The van der Waals surface area contributed by atoms with Crippen LogP contribution in [0.3, 0.4) is 0 Å². The lowest BCUT2D eigenvalue weighted by atomic mass is 9.82. The molecule has 6 aromatic carbocycles. The lowest BCUT2D eigenvalue weighted by Crippen LogP contribution is -2.15. The molecule has 0 amide bonds. The summed E-state index contributed by atoms with van der Waals surface area (Å²) in [6, 6.07) is 45.1. The summed E-state index contributed by atoms with van der Waals surface area (Å²) in [6.07, 6.45) is 0. The average molecular weight is 517 g/mol. The zero-order chi connectivity index (χ0) is 26.8. The van der Waals surface area contributed by atoms with Crippen LogP contribution in [-0.4, -0.2) is 0 Å². The summed E-state index contributed by atoms with van der Waals surface area (Å²) < 4.78 is 13.6. The van der Waals surface area contributed by atoms with E-state index >= 15 is 0 Å². The van der Waals surface area contributed by atoms with Gasteiger partial charge in [-0.2, -0.15) is 0 Å². The topological polar surface area (TPSA) is 18.5 Å². The second kappa shape index (κ2) is 8.59. The Balaban J connectivity index is 1.32. The van der Waals surface area contributed by atoms with Crippen LogP contribution < -0.4 is 9.47 Å². The number of ether oxygens (including phenoxy) is 2. The van der Waals surface area contributed by atoms with Crippen LogP contribution in [0.25, 0.3) is 21.9 Å². The molecule has 192 valence electrons. The van der Waals surface area contributed by atoms with Gasteiger partial charge in [-0.15, -0.1) is 0 Å². The molecule has 0 aromatic heterocycles. The van der Waals surface area contributed by atoms with Gasteiger partial charge in [0.15, 0.2) is 23.0 Å². The Morgan fingerprint density at radius 1 is 0.525 bits per heavy atom. The fourth-order valence-electron chi connectivity index (χ4n) is 6.77. The van der Waals surface area contributed by atoms with E-state index in [4.69, 9.17) is 9.47 Å². The third-order valence-electron chi connectivity index (χ3n) is 8.68. The minimum atomic E-state index is -0.0980. The van der Waals surface area contributed by atoms with E-state index in [1.54, 1.807) is 0 Å². The molecule has 40 heavy (non-hydrogen) atoms. The molecule has 1 heterocycles. The Kier molecular flexibility index (Phi) is 4.96. The van der Waals surface area contributed by atoms with Crippen molar-refractivity contribution in [3.63, 3.8) is 0 Å². The van der Waals surface area contributed by atoms with Gasteiger partial charge in [0, 0.05) is 22.5 Å². The third-order valence-corrected chi connectivity index (χ3v) is 8.68. The first-order valence-corrected chi connectivity index (χ1v) is 13.9. The molecule has 1 atom stereocenters. The molecule has 1 unspecified atom stereocenters. The standard InChI is InChI=1S/C38H28O2/c1-38(2)30-20-9-8-17-28(30)35-31(38)22-23-33-37(35)40-32-21-11-19-29(36(32)39-33)34(25-13-4-3-5-14-25)27-18-10-15-24-12-6-7-16-26(24)27/h3-23,34H,1-2H3. The number of hydrogen-bond donors (Lipinski definition) is 0. The predicted octanol–water partition coefficient (Wildman–Crippen LogP) is 10.2. The van der Waals surface area contributed by atoms with Gasteiger partial charge < -0.3 is 9.47 Å². The van der Waals surface area contributed by atoms with Crippen molar-refractivity contribution < 1.29 is 9.47 Å². The van der Waals surface area contributed by atoms with Crippen LogP contribution in [0.4, 0.5) is 0 Å². The molecule has 8 rings (SSSR count). The lowest BCUT2D eigenvalue weighted by molar-refractivity contribution is 0.356. The van der Waals surface area contributed by atoms with E-state index in [0.29, 0.717) is 0 Å². The van der Waals surface area contributed by atoms with Crippen molar-refractivity contribution in [3.05, 3.63) is 155 Å². The first-order chi connectivity index (χ1) is 19.6. The number of rotatable bonds is 3. The van der Waals surface area contributed by atoms with Crippen molar-refractivity contribution in [2.45, 2.75) is 25.2 Å². The van der Waals surface area contributed by atoms with Crippen LogP contribution in [0, 0.1) is 0 Å². The van der Waals surface area contributed by atoms with Crippen molar-refractivity contribution in [1.82, 2.24) is 0 Å². The minimum absolute atomic E-state index is 0.0264. The maximum Gasteiger partial charge on any atom is 0.178 e. The molecule has 0 spiro atoms. The van der Waals surface area contributed by atoms with E-state index in [1.807, 2.05) is 6.07 Å². The van der Waals surface area contributed by atoms with Gasteiger partial charge in [0.25, 0.3) is 0 Å². The van der Waals surface area contributed by atoms with Gasteiger partial charge in [-0.1, -0.05) is 129 Å². The molecule has 0 N–H and O–H groups in total. The van der Waals surface area contributed by atoms with E-state index in [0.717, 1.165) is 34.1 Å². The van der Waals surface area contributed by atoms with Crippen molar-refractivity contribution in [2.24, 2.45) is 0 Å². The zero-order valence-electron chi connectivity index (χ0n) is 22.5. The molecule has 0 saturated carbocycles. The summed E-state index contributed by atoms with van der Waals surface area (Å²) >= 11 is 0. The van der Waals surface area contributed by atoms with Gasteiger partial charge in [-0.3, -0.25) is 0 Å². The highest BCUT2D eigenvalue weighted by Gasteiger charge is 2.40. The monoisotopic (exact) mass is 516 g/mol. The molecule has 2 aliphatic rings. The van der Waals surface area contributed by atoms with E-state index in [-0.39, 0.29) is 11.3 Å². The van der Waals surface area contributed by atoms with Crippen LogP contribution in [0.5, 0.6) is 23.0 Å². The van der Waals surface area contributed by atoms with Crippen LogP contribution >= 0.6 is 0 Å². The minimum Gasteiger partial charge on any atom is -0.449 e. The molecule has 2 heteroatoms. The smallest absolute Gasteiger partial charge is 0.178 e. The Hall–Kier alpha value is -4.82. The first kappa shape index (κ1) is 23.1. The molecule has 2 nitrogen and oxygen atoms in total.